The van der Waals surface area contributed by atoms with Crippen LogP contribution in [-0.2, 0) is 52.8 Å². The third kappa shape index (κ3) is 10.3. The van der Waals surface area contributed by atoms with Crippen molar-refractivity contribution in [2.45, 2.75) is 107 Å². The van der Waals surface area contributed by atoms with E-state index in [1.54, 1.807) is 48.5 Å². The first-order valence-electron chi connectivity index (χ1n) is 16.2. The summed E-state index contributed by atoms with van der Waals surface area (Å²) in [4.78, 5) is 9.86. The maximum absolute atomic E-state index is 13.2. The largest absolute Gasteiger partial charge is 0.672 e. The Labute approximate surface area is 306 Å². The summed E-state index contributed by atoms with van der Waals surface area (Å²) in [5.41, 5.74) is 3.75. The molecular formula is C35H47CdN5O5S2-2. The minimum Gasteiger partial charge on any atom is -0.672 e. The van der Waals surface area contributed by atoms with Gasteiger partial charge in [-0.3, -0.25) is 9.98 Å². The Morgan fingerprint density at radius 2 is 1.56 bits per heavy atom. The van der Waals surface area contributed by atoms with Crippen LogP contribution in [0.4, 0.5) is 11.4 Å². The van der Waals surface area contributed by atoms with E-state index in [0.717, 1.165) is 49.8 Å². The summed E-state index contributed by atoms with van der Waals surface area (Å²) in [5.74, 6) is 0.574. The second kappa shape index (κ2) is 17.5. The van der Waals surface area contributed by atoms with E-state index in [1.165, 1.54) is 0 Å². The molecule has 0 bridgehead atoms. The molecule has 0 radical (unpaired) electrons. The third-order valence-electron chi connectivity index (χ3n) is 9.06. The Kier molecular flexibility index (Phi) is 14.6. The van der Waals surface area contributed by atoms with Gasteiger partial charge in [0, 0.05) is 55.7 Å². The molecule has 1 heterocycles. The Morgan fingerprint density at radius 3 is 2.27 bits per heavy atom. The average molecular weight is 794 g/mol. The first-order valence-corrected chi connectivity index (χ1v) is 19.1. The van der Waals surface area contributed by atoms with Crippen LogP contribution >= 0.6 is 0 Å². The zero-order valence-electron chi connectivity index (χ0n) is 28.4. The van der Waals surface area contributed by atoms with E-state index in [-0.39, 0.29) is 66.7 Å². The zero-order valence-corrected chi connectivity index (χ0v) is 34.0. The van der Waals surface area contributed by atoms with Gasteiger partial charge in [-0.1, -0.05) is 86.4 Å². The second-order valence-electron chi connectivity index (χ2n) is 12.8. The molecule has 258 valence electrons. The van der Waals surface area contributed by atoms with Crippen molar-refractivity contribution in [1.29, 1.82) is 0 Å². The predicted octanol–water partition coefficient (Wildman–Crippen LogP) is 7.81. The van der Waals surface area contributed by atoms with Gasteiger partial charge in [0.05, 0.1) is 14.9 Å². The first kappa shape index (κ1) is 40.0. The van der Waals surface area contributed by atoms with Crippen molar-refractivity contribution in [3.63, 3.8) is 0 Å². The number of benzene rings is 2. The molecule has 48 heavy (non-hydrogen) atoms. The van der Waals surface area contributed by atoms with Crippen LogP contribution in [0.25, 0.3) is 14.8 Å². The number of aryl methyl sites for hydroxylation is 1. The van der Waals surface area contributed by atoms with Gasteiger partial charge in [0.1, 0.15) is 10.0 Å². The molecule has 0 aromatic heterocycles. The van der Waals surface area contributed by atoms with Gasteiger partial charge in [0.15, 0.2) is 0 Å². The number of hydrogen-bond donors (Lipinski definition) is 0. The van der Waals surface area contributed by atoms with E-state index in [2.05, 4.69) is 16.4 Å². The number of hydrogen-bond acceptors (Lipinski definition) is 6. The van der Waals surface area contributed by atoms with E-state index in [9.17, 15) is 16.8 Å². The molecule has 13 heteroatoms. The standard InChI is InChI=1S/C35H44N5O4S2.Cd.H2O/c1-24-16-20-28(21-17-24)45(41,42)39-34-12-7-5-10-32(34)36-26(3)30-14-9-15-31(38-30)27(4)37-33-11-6-8-13-35(33)40-46(43,44)29-22-18-25(2)19-23-29;;/h5,7,9-10,12,14-17,20-21,25,29-30,33,35H,6,8,11,13,18-19,22-23H2,1-4H3;;1H2/q-3;;/p+1. The van der Waals surface area contributed by atoms with Crippen LogP contribution in [-0.4, -0.2) is 51.6 Å². The molecule has 0 saturated heterocycles. The molecule has 3 N–H and O–H groups in total. The van der Waals surface area contributed by atoms with Crippen molar-refractivity contribution in [3.8, 4) is 0 Å². The Morgan fingerprint density at radius 1 is 0.896 bits per heavy atom. The molecule has 3 atom stereocenters. The molecule has 2 fully saturated rings. The zero-order chi connectivity index (χ0) is 32.9. The minimum atomic E-state index is -3.92. The Balaban J connectivity index is 0.00000312. The van der Waals surface area contributed by atoms with Gasteiger partial charge in [-0.2, -0.15) is 0 Å². The van der Waals surface area contributed by atoms with Crippen LogP contribution in [0.1, 0.15) is 77.7 Å². The third-order valence-corrected chi connectivity index (χ3v) is 12.2. The quantitative estimate of drug-likeness (QED) is 0.136. The minimum absolute atomic E-state index is 0. The van der Waals surface area contributed by atoms with Gasteiger partial charge in [0.25, 0.3) is 0 Å². The summed E-state index contributed by atoms with van der Waals surface area (Å²) in [7, 11) is -7.46. The van der Waals surface area contributed by atoms with Crippen LogP contribution in [0.2, 0.25) is 0 Å². The fraction of sp³-hybridized carbons (Fsp3) is 0.486. The molecule has 2 aromatic rings. The van der Waals surface area contributed by atoms with E-state index in [1.807, 2.05) is 39.0 Å². The number of nitrogens with zero attached hydrogens (tertiary/aromatic N) is 5. The molecule has 10 nitrogen and oxygen atoms in total. The summed E-state index contributed by atoms with van der Waals surface area (Å²) in [6, 6.07) is 12.5. The van der Waals surface area contributed by atoms with E-state index in [0.29, 0.717) is 35.9 Å². The van der Waals surface area contributed by atoms with Gasteiger partial charge in [0.2, 0.25) is 0 Å². The smallest absolute Gasteiger partial charge is 0.123 e. The van der Waals surface area contributed by atoms with Gasteiger partial charge < -0.3 is 20.2 Å². The van der Waals surface area contributed by atoms with Gasteiger partial charge in [-0.05, 0) is 77.0 Å². The molecular weight excluding hydrogens is 747 g/mol. The Bertz CT molecular complexity index is 1730. The van der Waals surface area contributed by atoms with Gasteiger partial charge >= 0.3 is 0 Å². The summed E-state index contributed by atoms with van der Waals surface area (Å²) >= 11 is 0. The van der Waals surface area contributed by atoms with E-state index < -0.39 is 20.0 Å². The van der Waals surface area contributed by atoms with Crippen molar-refractivity contribution in [1.82, 2.24) is 0 Å². The molecule has 2 aliphatic carbocycles. The number of rotatable bonds is 10. The van der Waals surface area contributed by atoms with Crippen molar-refractivity contribution in [3.05, 3.63) is 92.8 Å². The normalized spacial score (nSPS) is 25.2. The number of para-hydroxylation sites is 1. The molecule has 0 spiro atoms. The van der Waals surface area contributed by atoms with Crippen LogP contribution < -0.4 is 0 Å². The van der Waals surface area contributed by atoms with Crippen LogP contribution in [0.15, 0.2) is 87.3 Å². The summed E-state index contributed by atoms with van der Waals surface area (Å²) in [6.07, 6.45) is 12.4. The van der Waals surface area contributed by atoms with Crippen LogP contribution in [0, 0.1) is 12.8 Å². The summed E-state index contributed by atoms with van der Waals surface area (Å²) < 4.78 is 61.1. The molecule has 5 rings (SSSR count). The van der Waals surface area contributed by atoms with E-state index >= 15 is 0 Å². The first-order chi connectivity index (χ1) is 21.9. The topological polar surface area (TPSA) is 168 Å². The molecule has 3 unspecified atom stereocenters. The molecule has 1 aliphatic heterocycles. The summed E-state index contributed by atoms with van der Waals surface area (Å²) in [5, 5.41) is 4.52. The molecule has 3 aliphatic rings. The monoisotopic (exact) mass is 795 g/mol. The van der Waals surface area contributed by atoms with Crippen LogP contribution in [0.3, 0.4) is 0 Å². The fourth-order valence-corrected chi connectivity index (χ4v) is 8.86. The van der Waals surface area contributed by atoms with E-state index in [4.69, 9.17) is 15.3 Å². The van der Waals surface area contributed by atoms with Crippen molar-refractivity contribution >= 4 is 42.8 Å². The van der Waals surface area contributed by atoms with Crippen LogP contribution in [0.5, 0.6) is 0 Å². The van der Waals surface area contributed by atoms with Gasteiger partial charge in [-0.25, -0.2) is 16.8 Å². The number of sulfonamides is 2. The predicted molar refractivity (Wildman–Crippen MR) is 193 cm³/mol. The number of aliphatic imine (C=N–C) groups is 2. The Hall–Kier alpha value is -2.40. The number of allylic oxidation sites excluding steroid dienone is 3. The van der Waals surface area contributed by atoms with Gasteiger partial charge in [-0.15, -0.1) is 17.4 Å². The molecule has 2 saturated carbocycles. The maximum Gasteiger partial charge on any atom is 0.123 e. The van der Waals surface area contributed by atoms with Crippen molar-refractivity contribution < 1.29 is 49.6 Å². The second-order valence-corrected chi connectivity index (χ2v) is 16.3. The fourth-order valence-electron chi connectivity index (χ4n) is 6.20. The molecule has 0 amide bonds. The van der Waals surface area contributed by atoms with Crippen molar-refractivity contribution in [2.24, 2.45) is 15.9 Å². The molecule has 2 aromatic carbocycles. The maximum atomic E-state index is 13.2. The SMILES string of the molecule is CC(=NC1CCCCC1[N-]S(=O)(=O)C1CCC(C)CC1)C1=CC=CC(C(C)=Nc2ccccc2[N-]S(=O)(=O)c2ccc(C)cc2)[N-]1.[Cd].[OH3+]. The van der Waals surface area contributed by atoms with Crippen molar-refractivity contribution in [2.75, 3.05) is 0 Å². The summed E-state index contributed by atoms with van der Waals surface area (Å²) in [6.45, 7) is 7.84. The average Bonchev–Trinajstić information content (AvgIpc) is 3.03.